The van der Waals surface area contributed by atoms with E-state index in [1.807, 2.05) is 0 Å². The van der Waals surface area contributed by atoms with Crippen molar-refractivity contribution in [1.82, 2.24) is 9.55 Å². The van der Waals surface area contributed by atoms with Crippen LogP contribution in [-0.4, -0.2) is 22.1 Å². The quantitative estimate of drug-likeness (QED) is 0.712. The van der Waals surface area contributed by atoms with E-state index in [-0.39, 0.29) is 18.2 Å². The molecule has 1 aliphatic rings. The lowest BCUT2D eigenvalue weighted by atomic mass is 9.89. The van der Waals surface area contributed by atoms with Crippen LogP contribution in [0.1, 0.15) is 29.9 Å². The monoisotopic (exact) mass is 216 g/mol. The summed E-state index contributed by atoms with van der Waals surface area (Å²) in [6.45, 7) is -5.24. The third-order valence-electron chi connectivity index (χ3n) is 2.34. The number of aromatic nitrogens is 2. The van der Waals surface area contributed by atoms with Gasteiger partial charge in [-0.1, -0.05) is 6.85 Å². The highest BCUT2D eigenvalue weighted by molar-refractivity contribution is 5.74. The van der Waals surface area contributed by atoms with Crippen molar-refractivity contribution in [2.75, 3.05) is 6.56 Å². The summed E-state index contributed by atoms with van der Waals surface area (Å²) in [5.41, 5.74) is 0.0720. The van der Waals surface area contributed by atoms with Gasteiger partial charge in [0.05, 0.1) is 22.9 Å². The number of hydrogen-bond acceptors (Lipinski definition) is 3. The van der Waals surface area contributed by atoms with E-state index >= 15 is 0 Å². The predicted molar refractivity (Wildman–Crippen MR) is 55.1 cm³/mol. The van der Waals surface area contributed by atoms with E-state index in [1.54, 1.807) is 0 Å². The minimum Gasteiger partial charge on any atom is -0.465 e. The number of carbonyl (C=O) groups excluding carboxylic acids is 1. The van der Waals surface area contributed by atoms with Gasteiger partial charge in [0, 0.05) is 30.3 Å². The lowest BCUT2D eigenvalue weighted by Crippen LogP contribution is -2.18. The number of imidazole rings is 1. The summed E-state index contributed by atoms with van der Waals surface area (Å²) in [7, 11) is 1.43. The molecule has 15 heavy (non-hydrogen) atoms. The van der Waals surface area contributed by atoms with Crippen LogP contribution >= 0.6 is 0 Å². The van der Waals surface area contributed by atoms with Gasteiger partial charge in [-0.3, -0.25) is 4.79 Å². The van der Waals surface area contributed by atoms with Gasteiger partial charge in [0.25, 0.3) is 0 Å². The van der Waals surface area contributed by atoms with E-state index in [1.165, 1.54) is 11.6 Å². The Bertz CT molecular complexity index is 641. The zero-order chi connectivity index (χ0) is 17.8. The van der Waals surface area contributed by atoms with Gasteiger partial charge >= 0.3 is 5.97 Å². The van der Waals surface area contributed by atoms with E-state index in [9.17, 15) is 4.79 Å². The number of rotatable bonds is 3. The van der Waals surface area contributed by atoms with Crippen molar-refractivity contribution in [3.8, 4) is 0 Å². The standard InChI is InChI=1S/C11H16N2O2/c1-3-10-8(6-15-11(10)14)4-9-5-12-7-13(9)2/h5,7-8,10H,3-4,6H2,1-2H3/t8-,10-/m0/s1/i1D3,5D,6D2,7D,8D. The molecule has 2 atom stereocenters. The highest BCUT2D eigenvalue weighted by Crippen LogP contribution is 2.27. The topological polar surface area (TPSA) is 44.1 Å². The normalized spacial score (nSPS) is 42.5. The molecule has 0 bridgehead atoms. The lowest BCUT2D eigenvalue weighted by Gasteiger charge is -2.12. The molecule has 2 heterocycles. The first-order valence-electron chi connectivity index (χ1n) is 8.50. The second kappa shape index (κ2) is 4.04. The molecule has 4 nitrogen and oxygen atoms in total. The smallest absolute Gasteiger partial charge is 0.309 e. The lowest BCUT2D eigenvalue weighted by molar-refractivity contribution is -0.141. The molecular formula is C11H16N2O2. The SMILES string of the molecule is [2H]c1nc([2H])n(C)c1C[C@]1([2H])[C@H](CC([2H])([2H])[2H])C(=O)OC1([2H])[2H]. The van der Waals surface area contributed by atoms with Crippen molar-refractivity contribution >= 4 is 5.97 Å². The Kier molecular flexibility index (Phi) is 1.15. The van der Waals surface area contributed by atoms with Gasteiger partial charge in [0.1, 0.15) is 1.37 Å². The Hall–Kier alpha value is -1.32. The molecule has 2 rings (SSSR count). The third kappa shape index (κ3) is 1.89. The molecule has 0 aliphatic carbocycles. The molecule has 0 unspecified atom stereocenters. The first kappa shape index (κ1) is 4.28. The third-order valence-corrected chi connectivity index (χ3v) is 2.34. The van der Waals surface area contributed by atoms with Gasteiger partial charge in [-0.2, -0.15) is 0 Å². The van der Waals surface area contributed by atoms with Crippen LogP contribution in [0.4, 0.5) is 0 Å². The summed E-state index contributed by atoms with van der Waals surface area (Å²) in [5, 5.41) is 0. The molecule has 1 fully saturated rings. The molecular weight excluding hydrogens is 192 g/mol. The van der Waals surface area contributed by atoms with E-state index in [4.69, 9.17) is 11.0 Å². The van der Waals surface area contributed by atoms with Crippen LogP contribution in [0.2, 0.25) is 0 Å². The average Bonchev–Trinajstić information content (AvgIpc) is 2.68. The Morgan fingerprint density at radius 3 is 3.53 bits per heavy atom. The van der Waals surface area contributed by atoms with Crippen LogP contribution in [0.15, 0.2) is 12.5 Å². The number of carbonyl (C=O) groups is 1. The summed E-state index contributed by atoms with van der Waals surface area (Å²) < 4.78 is 67.0. The maximum Gasteiger partial charge on any atom is 0.309 e. The maximum atomic E-state index is 11.9. The van der Waals surface area contributed by atoms with Crippen LogP contribution in [0, 0.1) is 11.8 Å². The van der Waals surface area contributed by atoms with Crippen LogP contribution in [0.5, 0.6) is 0 Å². The number of esters is 1. The highest BCUT2D eigenvalue weighted by Gasteiger charge is 2.35. The van der Waals surface area contributed by atoms with Crippen molar-refractivity contribution in [1.29, 1.82) is 0 Å². The van der Waals surface area contributed by atoms with Crippen molar-refractivity contribution in [2.24, 2.45) is 18.9 Å². The predicted octanol–water partition coefficient (Wildman–Crippen LogP) is 1.16. The number of nitrogens with zero attached hydrogens (tertiary/aromatic N) is 2. The van der Waals surface area contributed by atoms with E-state index in [0.29, 0.717) is 0 Å². The summed E-state index contributed by atoms with van der Waals surface area (Å²) in [4.78, 5) is 15.5. The molecule has 1 aromatic rings. The van der Waals surface area contributed by atoms with E-state index in [2.05, 4.69) is 9.72 Å². The maximum absolute atomic E-state index is 11.9. The molecule has 0 amide bonds. The van der Waals surface area contributed by atoms with Crippen molar-refractivity contribution in [3.05, 3.63) is 18.2 Å². The van der Waals surface area contributed by atoms with Crippen LogP contribution < -0.4 is 0 Å². The first-order valence-corrected chi connectivity index (χ1v) is 4.50. The molecule has 82 valence electrons. The molecule has 1 saturated heterocycles. The Morgan fingerprint density at radius 2 is 2.87 bits per heavy atom. The van der Waals surface area contributed by atoms with Gasteiger partial charge < -0.3 is 9.30 Å². The number of cyclic esters (lactones) is 1. The van der Waals surface area contributed by atoms with Gasteiger partial charge in [-0.15, -0.1) is 0 Å². The van der Waals surface area contributed by atoms with E-state index in [0.717, 1.165) is 0 Å². The van der Waals surface area contributed by atoms with Crippen LogP contribution in [-0.2, 0) is 23.0 Å². The van der Waals surface area contributed by atoms with Crippen molar-refractivity contribution in [3.63, 3.8) is 0 Å². The molecule has 0 aromatic carbocycles. The minimum atomic E-state index is -2.71. The molecule has 0 spiro atoms. The molecule has 1 aromatic heterocycles. The molecule has 0 radical (unpaired) electrons. The van der Waals surface area contributed by atoms with Crippen LogP contribution in [0.25, 0.3) is 0 Å². The summed E-state index contributed by atoms with van der Waals surface area (Å²) in [6, 6.07) is 0. The van der Waals surface area contributed by atoms with E-state index < -0.39 is 44.0 Å². The van der Waals surface area contributed by atoms with Gasteiger partial charge in [-0.05, 0) is 12.8 Å². The Labute approximate surface area is 100 Å². The van der Waals surface area contributed by atoms with Crippen molar-refractivity contribution in [2.45, 2.75) is 19.7 Å². The number of hydrogen-bond donors (Lipinski definition) is 0. The summed E-state index contributed by atoms with van der Waals surface area (Å²) >= 11 is 0. The Morgan fingerprint density at radius 1 is 2.00 bits per heavy atom. The fraction of sp³-hybridized carbons (Fsp3) is 0.636. The fourth-order valence-electron chi connectivity index (χ4n) is 1.40. The molecule has 4 heteroatoms. The molecule has 0 saturated carbocycles. The highest BCUT2D eigenvalue weighted by atomic mass is 16.5. The van der Waals surface area contributed by atoms with Gasteiger partial charge in [0.15, 0.2) is 0 Å². The van der Waals surface area contributed by atoms with Crippen LogP contribution in [0.3, 0.4) is 0 Å². The average molecular weight is 216 g/mol. The second-order valence-electron chi connectivity index (χ2n) is 3.31. The zero-order valence-electron chi connectivity index (χ0n) is 16.2. The van der Waals surface area contributed by atoms with Gasteiger partial charge in [-0.25, -0.2) is 4.98 Å². The van der Waals surface area contributed by atoms with Crippen molar-refractivity contribution < 1.29 is 20.5 Å². The molecule has 1 aliphatic heterocycles. The summed E-state index contributed by atoms with van der Waals surface area (Å²) in [5.74, 6) is -4.82. The second-order valence-corrected chi connectivity index (χ2v) is 3.31. The zero-order valence-corrected chi connectivity index (χ0v) is 8.20. The fourth-order valence-corrected chi connectivity index (χ4v) is 1.40. The van der Waals surface area contributed by atoms with Gasteiger partial charge in [0.2, 0.25) is 0 Å². The largest absolute Gasteiger partial charge is 0.465 e. The minimum absolute atomic E-state index is 0.0720. The summed E-state index contributed by atoms with van der Waals surface area (Å²) in [6.07, 6.45) is -1.72. The first-order chi connectivity index (χ1) is 10.3. The molecule has 0 N–H and O–H groups in total. The Balaban J connectivity index is 2.46. The number of ether oxygens (including phenoxy) is 1.